The highest BCUT2D eigenvalue weighted by atomic mass is 32.2. The number of fused-ring (bicyclic) bond motifs is 6. The summed E-state index contributed by atoms with van der Waals surface area (Å²) in [6.07, 6.45) is 13.6. The van der Waals surface area contributed by atoms with E-state index in [2.05, 4.69) is 129 Å². The summed E-state index contributed by atoms with van der Waals surface area (Å²) in [5.74, 6) is 0.605. The molecule has 0 fully saturated rings. The second kappa shape index (κ2) is 19.9. The number of rotatable bonds is 17. The van der Waals surface area contributed by atoms with Crippen molar-refractivity contribution in [3.05, 3.63) is 155 Å². The number of ether oxygens (including phenoxy) is 2. The second-order valence-electron chi connectivity index (χ2n) is 19.6. The van der Waals surface area contributed by atoms with Crippen LogP contribution in [0.15, 0.2) is 149 Å². The number of carbonyl (C=O) groups is 1. The first-order valence-electron chi connectivity index (χ1n) is 23.8. The van der Waals surface area contributed by atoms with Gasteiger partial charge in [0.25, 0.3) is 0 Å². The van der Waals surface area contributed by atoms with Crippen molar-refractivity contribution >= 4 is 64.8 Å². The quantitative estimate of drug-likeness (QED) is 0.0380. The van der Waals surface area contributed by atoms with E-state index in [0.29, 0.717) is 43.7 Å². The van der Waals surface area contributed by atoms with Gasteiger partial charge in [-0.05, 0) is 139 Å². The van der Waals surface area contributed by atoms with E-state index in [1.165, 1.54) is 53.3 Å². The molecule has 5 aromatic carbocycles. The number of benzene rings is 5. The molecule has 2 aliphatic heterocycles. The van der Waals surface area contributed by atoms with Crippen molar-refractivity contribution in [1.82, 2.24) is 0 Å². The third-order valence-electron chi connectivity index (χ3n) is 14.0. The second-order valence-corrected chi connectivity index (χ2v) is 22.5. The maximum Gasteiger partial charge on any atom is 0.305 e. The van der Waals surface area contributed by atoms with Gasteiger partial charge in [-0.15, -0.1) is 0 Å². The molecular weight excluding hydrogens is 909 g/mol. The normalized spacial score (nSPS) is 19.1. The summed E-state index contributed by atoms with van der Waals surface area (Å²) in [6, 6.07) is 31.0. The largest absolute Gasteiger partial charge is 0.748 e. The number of carbonyl (C=O) groups excluding carboxylic acids is 1. The maximum absolute atomic E-state index is 11.9. The molecule has 0 N–H and O–H groups in total. The van der Waals surface area contributed by atoms with Crippen LogP contribution in [0.4, 0.5) is 11.4 Å². The molecule has 13 heteroatoms. The Morgan fingerprint density at radius 2 is 1.42 bits per heavy atom. The van der Waals surface area contributed by atoms with Gasteiger partial charge in [0.2, 0.25) is 5.69 Å². The number of unbranched alkanes of at least 4 members (excludes halogenated alkanes) is 3. The number of esters is 1. The number of methoxy groups -OCH3 is 1. The minimum atomic E-state index is -4.68. The lowest BCUT2D eigenvalue weighted by atomic mass is 9.78. The summed E-state index contributed by atoms with van der Waals surface area (Å²) in [7, 11) is -7.62. The van der Waals surface area contributed by atoms with Crippen molar-refractivity contribution in [3.63, 3.8) is 0 Å². The van der Waals surface area contributed by atoms with Crippen LogP contribution in [0.5, 0.6) is 5.75 Å². The van der Waals surface area contributed by atoms with Crippen molar-refractivity contribution in [1.29, 1.82) is 0 Å². The van der Waals surface area contributed by atoms with Gasteiger partial charge in [0.05, 0.1) is 27.5 Å². The third-order valence-corrected chi connectivity index (χ3v) is 15.6. The summed E-state index contributed by atoms with van der Waals surface area (Å²) < 4.78 is 84.5. The average molecular weight is 970 g/mol. The molecule has 5 aromatic rings. The Morgan fingerprint density at radius 3 is 2.09 bits per heavy atom. The van der Waals surface area contributed by atoms with E-state index in [1.54, 1.807) is 0 Å². The lowest BCUT2D eigenvalue weighted by Crippen LogP contribution is -2.28. The van der Waals surface area contributed by atoms with E-state index < -0.39 is 36.8 Å². The number of anilines is 1. The van der Waals surface area contributed by atoms with Gasteiger partial charge < -0.3 is 23.5 Å². The Labute approximate surface area is 407 Å². The molecule has 2 heterocycles. The van der Waals surface area contributed by atoms with E-state index in [1.807, 2.05) is 12.1 Å². The fourth-order valence-electron chi connectivity index (χ4n) is 10.7. The molecule has 8 rings (SSSR count). The predicted octanol–water partition coefficient (Wildman–Crippen LogP) is 11.3. The van der Waals surface area contributed by atoms with Crippen LogP contribution in [0.2, 0.25) is 0 Å². The van der Waals surface area contributed by atoms with Gasteiger partial charge in [0.1, 0.15) is 28.2 Å². The zero-order chi connectivity index (χ0) is 49.3. The molecule has 1 unspecified atom stereocenters. The lowest BCUT2D eigenvalue weighted by molar-refractivity contribution is -0.438. The highest BCUT2D eigenvalue weighted by Crippen LogP contribution is 2.51. The van der Waals surface area contributed by atoms with Crippen molar-refractivity contribution in [2.45, 2.75) is 102 Å². The highest BCUT2D eigenvalue weighted by Gasteiger charge is 2.46. The number of hydrogen-bond donors (Lipinski definition) is 0. The Bertz CT molecular complexity index is 3200. The first-order chi connectivity index (χ1) is 32.8. The molecule has 1 aliphatic carbocycles. The Balaban J connectivity index is 1.24. The van der Waals surface area contributed by atoms with Crippen LogP contribution in [-0.4, -0.2) is 68.1 Å². The molecular formula is C56H61N2O9S2-. The standard InChI is InChI=1S/C56H62N2O9S2/c1-38-36-41(23-31-49-55(2,3)52-45-18-11-9-16-39(45)21-29-47(52)57(49)33-13-7-8-20-51(59)66-6)54(67-43-25-27-44(28-26-43)69(63,64)65)42(37-38)24-32-50-56(4,5)53-46-19-12-10-17-40(46)22-30-48(53)58(50)34-14-15-35-68(60,61)62/h9-12,16-19,21-32,38H,7-8,13-15,20,33-37H2,1-6H3,(H-,60,61,62,63,64,65)/p-1. The summed E-state index contributed by atoms with van der Waals surface area (Å²) in [5.41, 5.74) is 7.78. The molecule has 3 aliphatic rings. The van der Waals surface area contributed by atoms with Crippen LogP contribution < -0.4 is 9.64 Å². The fourth-order valence-corrected chi connectivity index (χ4v) is 11.7. The van der Waals surface area contributed by atoms with Crippen molar-refractivity contribution in [2.24, 2.45) is 5.92 Å². The number of hydrogen-bond acceptors (Lipinski definition) is 10. The predicted molar refractivity (Wildman–Crippen MR) is 271 cm³/mol. The van der Waals surface area contributed by atoms with Crippen molar-refractivity contribution < 1.29 is 44.8 Å². The molecule has 1 atom stereocenters. The molecule has 11 nitrogen and oxygen atoms in total. The molecule has 0 radical (unpaired) electrons. The van der Waals surface area contributed by atoms with Crippen LogP contribution in [0.25, 0.3) is 21.5 Å². The average Bonchev–Trinajstić information content (AvgIpc) is 3.66. The van der Waals surface area contributed by atoms with Crippen LogP contribution >= 0.6 is 0 Å². The van der Waals surface area contributed by atoms with Crippen LogP contribution in [0.3, 0.4) is 0 Å². The molecule has 0 saturated carbocycles. The van der Waals surface area contributed by atoms with Gasteiger partial charge in [0, 0.05) is 59.6 Å². The molecule has 0 saturated heterocycles. The van der Waals surface area contributed by atoms with Crippen LogP contribution in [0.1, 0.15) is 97.1 Å². The van der Waals surface area contributed by atoms with Crippen molar-refractivity contribution in [3.8, 4) is 5.75 Å². The van der Waals surface area contributed by atoms with Gasteiger partial charge in [-0.2, -0.15) is 4.58 Å². The Kier molecular flexibility index (Phi) is 14.3. The lowest BCUT2D eigenvalue weighted by Gasteiger charge is -2.28. The Morgan fingerprint density at radius 1 is 0.754 bits per heavy atom. The molecule has 0 aromatic heterocycles. The monoisotopic (exact) mass is 969 g/mol. The summed E-state index contributed by atoms with van der Waals surface area (Å²) in [6.45, 7) is 12.4. The van der Waals surface area contributed by atoms with Gasteiger partial charge in [-0.3, -0.25) is 4.79 Å². The summed E-state index contributed by atoms with van der Waals surface area (Å²) >= 11 is 0. The van der Waals surface area contributed by atoms with Crippen LogP contribution in [0, 0.1) is 5.92 Å². The van der Waals surface area contributed by atoms with E-state index >= 15 is 0 Å². The number of allylic oxidation sites excluding steroid dienone is 7. The zero-order valence-corrected chi connectivity index (χ0v) is 41.9. The van der Waals surface area contributed by atoms with E-state index in [9.17, 15) is 30.7 Å². The molecule has 362 valence electrons. The maximum atomic E-state index is 11.9. The first-order valence-corrected chi connectivity index (χ1v) is 26.8. The minimum Gasteiger partial charge on any atom is -0.748 e. The minimum absolute atomic E-state index is 0.206. The number of nitrogens with zero attached hydrogens (tertiary/aromatic N) is 2. The molecule has 69 heavy (non-hydrogen) atoms. The van der Waals surface area contributed by atoms with Gasteiger partial charge in [-0.1, -0.05) is 87.9 Å². The summed E-state index contributed by atoms with van der Waals surface area (Å²) in [4.78, 5) is 14.0. The van der Waals surface area contributed by atoms with Gasteiger partial charge in [0.15, 0.2) is 5.71 Å². The van der Waals surface area contributed by atoms with Gasteiger partial charge in [-0.25, -0.2) is 16.8 Å². The van der Waals surface area contributed by atoms with E-state index in [4.69, 9.17) is 9.47 Å². The smallest absolute Gasteiger partial charge is 0.305 e. The molecule has 0 spiro atoms. The molecule has 0 bridgehead atoms. The SMILES string of the molecule is COC(=O)CCCCCN1/C(=C\C=C2/CC(C)CC(/C=C/C3=[N+](CCCCS(=O)(=O)[O-])c4ccc5ccccc5c4C3(C)C)=C2Oc2ccc(S(=O)(=O)[O-])cc2)C(C)(C)c2c1ccc1ccccc21. The van der Waals surface area contributed by atoms with E-state index in [0.717, 1.165) is 70.5 Å². The zero-order valence-electron chi connectivity index (χ0n) is 40.3. The third kappa shape index (κ3) is 10.5. The molecule has 0 amide bonds. The Hall–Kier alpha value is -5.86. The topological polar surface area (TPSA) is 156 Å². The van der Waals surface area contributed by atoms with E-state index in [-0.39, 0.29) is 23.2 Å². The first kappa shape index (κ1) is 49.6. The highest BCUT2D eigenvalue weighted by molar-refractivity contribution is 7.86. The van der Waals surface area contributed by atoms with Gasteiger partial charge >= 0.3 is 5.97 Å². The van der Waals surface area contributed by atoms with Crippen LogP contribution in [-0.2, 0) is 40.6 Å². The fraction of sp³-hybridized carbons (Fsp3) is 0.357. The van der Waals surface area contributed by atoms with Crippen molar-refractivity contribution in [2.75, 3.05) is 30.9 Å². The summed E-state index contributed by atoms with van der Waals surface area (Å²) in [5, 5.41) is 4.62.